The van der Waals surface area contributed by atoms with Crippen LogP contribution in [0.1, 0.15) is 19.3 Å². The second kappa shape index (κ2) is 3.69. The second-order valence-corrected chi connectivity index (χ2v) is 5.12. The van der Waals surface area contributed by atoms with Crippen molar-refractivity contribution in [2.75, 3.05) is 0 Å². The van der Waals surface area contributed by atoms with Crippen molar-refractivity contribution in [3.05, 3.63) is 0 Å². The highest BCUT2D eigenvalue weighted by Gasteiger charge is 2.80. The molecule has 0 heterocycles. The molecule has 0 radical (unpaired) electrons. The summed E-state index contributed by atoms with van der Waals surface area (Å²) in [6.45, 7) is 0. The highest BCUT2D eigenvalue weighted by Crippen LogP contribution is 2.67. The monoisotopic (exact) mass is 272 g/mol. The predicted octanol–water partition coefficient (Wildman–Crippen LogP) is -0.273. The van der Waals surface area contributed by atoms with Crippen molar-refractivity contribution in [2.24, 2.45) is 22.7 Å². The Morgan fingerprint density at radius 3 is 1.79 bits per heavy atom. The number of carbonyl (C=O) groups is 4. The van der Waals surface area contributed by atoms with E-state index in [9.17, 15) is 34.5 Å². The number of fused-ring (bicyclic) bond motifs is 2. The molecule has 0 spiro atoms. The Hall–Kier alpha value is -2.12. The zero-order chi connectivity index (χ0) is 14.6. The van der Waals surface area contributed by atoms with Gasteiger partial charge >= 0.3 is 23.9 Å². The molecule has 3 atom stereocenters. The van der Waals surface area contributed by atoms with Gasteiger partial charge in [0.15, 0.2) is 5.41 Å². The van der Waals surface area contributed by atoms with Crippen LogP contribution in [0, 0.1) is 22.7 Å². The minimum atomic E-state index is -2.80. The molecule has 0 aromatic heterocycles. The summed E-state index contributed by atoms with van der Waals surface area (Å²) < 4.78 is 0. The second-order valence-electron chi connectivity index (χ2n) is 5.12. The van der Waals surface area contributed by atoms with Gasteiger partial charge in [-0.15, -0.1) is 0 Å². The van der Waals surface area contributed by atoms with Crippen molar-refractivity contribution in [2.45, 2.75) is 19.3 Å². The van der Waals surface area contributed by atoms with Crippen molar-refractivity contribution < 1.29 is 39.6 Å². The maximum atomic E-state index is 11.5. The van der Waals surface area contributed by atoms with E-state index in [0.717, 1.165) is 0 Å². The van der Waals surface area contributed by atoms with Crippen LogP contribution in [0.15, 0.2) is 0 Å². The van der Waals surface area contributed by atoms with Gasteiger partial charge < -0.3 is 20.4 Å². The van der Waals surface area contributed by atoms with Crippen LogP contribution in [0.2, 0.25) is 0 Å². The Balaban J connectivity index is 2.75. The molecule has 0 aromatic carbocycles. The fraction of sp³-hybridized carbons (Fsp3) is 0.636. The van der Waals surface area contributed by atoms with E-state index in [-0.39, 0.29) is 19.3 Å². The van der Waals surface area contributed by atoms with Gasteiger partial charge in [0.2, 0.25) is 0 Å². The van der Waals surface area contributed by atoms with Gasteiger partial charge in [0.25, 0.3) is 0 Å². The van der Waals surface area contributed by atoms with Gasteiger partial charge in [-0.25, -0.2) is 0 Å². The third kappa shape index (κ3) is 1.23. The third-order valence-corrected chi connectivity index (χ3v) is 4.60. The van der Waals surface area contributed by atoms with Crippen molar-refractivity contribution in [3.8, 4) is 0 Å². The molecule has 2 rings (SSSR count). The molecule has 2 aliphatic carbocycles. The standard InChI is InChI=1S/C11H12O8/c12-6(13)5-4-1-2-10(3-4,7(14)15)11(5,8(16)17)9(18)19/h4-5H,1-3H2,(H,12,13)(H,14,15)(H,16,17)(H,18,19). The molecule has 2 aliphatic rings. The van der Waals surface area contributed by atoms with E-state index < -0.39 is 46.5 Å². The Labute approximate surface area is 106 Å². The minimum Gasteiger partial charge on any atom is -0.481 e. The van der Waals surface area contributed by atoms with Crippen LogP contribution in [-0.4, -0.2) is 44.3 Å². The van der Waals surface area contributed by atoms with Gasteiger partial charge in [-0.2, -0.15) is 0 Å². The Morgan fingerprint density at radius 2 is 1.42 bits per heavy atom. The molecule has 104 valence electrons. The molecule has 2 fully saturated rings. The molecule has 2 bridgehead atoms. The quantitative estimate of drug-likeness (QED) is 0.511. The number of carboxylic acid groups (broad SMARTS) is 4. The summed E-state index contributed by atoms with van der Waals surface area (Å²) >= 11 is 0. The first-order valence-corrected chi connectivity index (χ1v) is 5.65. The first-order chi connectivity index (χ1) is 8.71. The van der Waals surface area contributed by atoms with Crippen LogP contribution < -0.4 is 0 Å². The lowest BCUT2D eigenvalue weighted by molar-refractivity contribution is -0.193. The molecule has 0 aromatic rings. The number of hydrogen-bond donors (Lipinski definition) is 4. The average molecular weight is 272 g/mol. The largest absolute Gasteiger partial charge is 0.481 e. The van der Waals surface area contributed by atoms with Gasteiger partial charge in [0.05, 0.1) is 11.3 Å². The van der Waals surface area contributed by atoms with E-state index in [1.807, 2.05) is 0 Å². The molecular weight excluding hydrogens is 260 g/mol. The summed E-state index contributed by atoms with van der Waals surface area (Å²) in [5.41, 5.74) is -4.84. The Bertz CT molecular complexity index is 481. The summed E-state index contributed by atoms with van der Waals surface area (Å²) in [7, 11) is 0. The molecule has 4 N–H and O–H groups in total. The van der Waals surface area contributed by atoms with Crippen LogP contribution >= 0.6 is 0 Å². The first-order valence-electron chi connectivity index (χ1n) is 5.65. The lowest BCUT2D eigenvalue weighted by atomic mass is 9.58. The van der Waals surface area contributed by atoms with E-state index in [1.54, 1.807) is 0 Å². The van der Waals surface area contributed by atoms with Crippen LogP contribution in [0.3, 0.4) is 0 Å². The highest BCUT2D eigenvalue weighted by atomic mass is 16.4. The molecule has 8 heteroatoms. The van der Waals surface area contributed by atoms with Crippen LogP contribution in [0.5, 0.6) is 0 Å². The number of rotatable bonds is 4. The van der Waals surface area contributed by atoms with E-state index in [4.69, 9.17) is 5.11 Å². The van der Waals surface area contributed by atoms with Gasteiger partial charge in [-0.1, -0.05) is 0 Å². The number of aliphatic carboxylic acids is 4. The SMILES string of the molecule is O=C(O)C1C2CCC(C(=O)O)(C2)C1(C(=O)O)C(=O)O. The van der Waals surface area contributed by atoms with Gasteiger partial charge in [0, 0.05) is 0 Å². The lowest BCUT2D eigenvalue weighted by Crippen LogP contribution is -2.59. The molecule has 0 aliphatic heterocycles. The first kappa shape index (κ1) is 13.3. The van der Waals surface area contributed by atoms with E-state index in [1.165, 1.54) is 0 Å². The molecule has 3 unspecified atom stereocenters. The molecule has 0 saturated heterocycles. The zero-order valence-corrected chi connectivity index (χ0v) is 9.70. The van der Waals surface area contributed by atoms with Crippen LogP contribution in [-0.2, 0) is 19.2 Å². The summed E-state index contributed by atoms with van der Waals surface area (Å²) in [5.74, 6) is -9.36. The molecule has 0 amide bonds. The average Bonchev–Trinajstić information content (AvgIpc) is 2.82. The summed E-state index contributed by atoms with van der Waals surface area (Å²) in [6.07, 6.45) is -0.140. The summed E-state index contributed by atoms with van der Waals surface area (Å²) in [4.78, 5) is 45.7. The maximum Gasteiger partial charge on any atom is 0.323 e. The smallest absolute Gasteiger partial charge is 0.323 e. The minimum absolute atomic E-state index is 0.130. The Morgan fingerprint density at radius 1 is 0.895 bits per heavy atom. The van der Waals surface area contributed by atoms with Gasteiger partial charge in [0.1, 0.15) is 0 Å². The van der Waals surface area contributed by atoms with E-state index >= 15 is 0 Å². The summed E-state index contributed by atoms with van der Waals surface area (Å²) in [5, 5.41) is 37.0. The molecular formula is C11H12O8. The highest BCUT2D eigenvalue weighted by molar-refractivity contribution is 6.08. The normalized spacial score (nSPS) is 34.9. The zero-order valence-electron chi connectivity index (χ0n) is 9.70. The molecule has 2 saturated carbocycles. The maximum absolute atomic E-state index is 11.5. The predicted molar refractivity (Wildman–Crippen MR) is 56.2 cm³/mol. The van der Waals surface area contributed by atoms with Crippen molar-refractivity contribution >= 4 is 23.9 Å². The van der Waals surface area contributed by atoms with Crippen LogP contribution in [0.25, 0.3) is 0 Å². The topological polar surface area (TPSA) is 149 Å². The van der Waals surface area contributed by atoms with Gasteiger partial charge in [-0.3, -0.25) is 19.2 Å². The van der Waals surface area contributed by atoms with Crippen LogP contribution in [0.4, 0.5) is 0 Å². The number of hydrogen-bond acceptors (Lipinski definition) is 4. The lowest BCUT2D eigenvalue weighted by Gasteiger charge is -2.40. The fourth-order valence-corrected chi connectivity index (χ4v) is 3.89. The van der Waals surface area contributed by atoms with E-state index in [0.29, 0.717) is 0 Å². The van der Waals surface area contributed by atoms with Crippen molar-refractivity contribution in [3.63, 3.8) is 0 Å². The van der Waals surface area contributed by atoms with Gasteiger partial charge in [-0.05, 0) is 25.2 Å². The van der Waals surface area contributed by atoms with Crippen molar-refractivity contribution in [1.82, 2.24) is 0 Å². The van der Waals surface area contributed by atoms with E-state index in [2.05, 4.69) is 0 Å². The fourth-order valence-electron chi connectivity index (χ4n) is 3.89. The molecule has 19 heavy (non-hydrogen) atoms. The summed E-state index contributed by atoms with van der Waals surface area (Å²) in [6, 6.07) is 0. The third-order valence-electron chi connectivity index (χ3n) is 4.60. The number of carboxylic acids is 4. The van der Waals surface area contributed by atoms with Crippen molar-refractivity contribution in [1.29, 1.82) is 0 Å². The Kier molecular flexibility index (Phi) is 2.58. The molecule has 8 nitrogen and oxygen atoms in total.